The monoisotopic (exact) mass is 330 g/mol. The average Bonchev–Trinajstić information content (AvgIpc) is 2.41. The number of benzene rings is 2. The molecule has 0 fully saturated rings. The third-order valence-corrected chi connectivity index (χ3v) is 4.48. The summed E-state index contributed by atoms with van der Waals surface area (Å²) in [5.74, 6) is -0.158. The van der Waals surface area contributed by atoms with Crippen molar-refractivity contribution >= 4 is 33.3 Å². The summed E-state index contributed by atoms with van der Waals surface area (Å²) in [5.41, 5.74) is 1.33. The van der Waals surface area contributed by atoms with E-state index in [0.717, 1.165) is 0 Å². The van der Waals surface area contributed by atoms with Gasteiger partial charge in [-0.15, -0.1) is 0 Å². The molecule has 0 atom stereocenters. The van der Waals surface area contributed by atoms with Gasteiger partial charge in [0.2, 0.25) is 0 Å². The van der Waals surface area contributed by atoms with Crippen LogP contribution in [0.4, 0.5) is 0 Å². The smallest absolute Gasteiger partial charge is 0.265 e. The van der Waals surface area contributed by atoms with Gasteiger partial charge in [-0.3, -0.25) is 4.18 Å². The number of hydrogen-bond donors (Lipinski definition) is 0. The summed E-state index contributed by atoms with van der Waals surface area (Å²) in [6.45, 7) is -0.0634. The minimum atomic E-state index is -3.63. The van der Waals surface area contributed by atoms with Gasteiger partial charge in [0.1, 0.15) is 5.75 Å². The summed E-state index contributed by atoms with van der Waals surface area (Å²) in [4.78, 5) is 0. The molecule has 106 valence electrons. The Morgan fingerprint density at radius 2 is 1.60 bits per heavy atom. The molecule has 0 saturated heterocycles. The van der Waals surface area contributed by atoms with Crippen molar-refractivity contribution in [2.75, 3.05) is 0 Å². The van der Waals surface area contributed by atoms with E-state index in [1.54, 1.807) is 42.5 Å². The molecule has 2 rings (SSSR count). The first-order chi connectivity index (χ1) is 9.46. The van der Waals surface area contributed by atoms with Crippen molar-refractivity contribution in [3.63, 3.8) is 0 Å². The molecule has 0 saturated carbocycles. The molecule has 0 aromatic heterocycles. The third-order valence-electron chi connectivity index (χ3n) is 2.58. The average molecular weight is 331 g/mol. The van der Waals surface area contributed by atoms with Crippen molar-refractivity contribution < 1.29 is 12.6 Å². The SMILES string of the molecule is O=S(=O)(Cc1ccccc1)OCc1ccc(Cl)c(Cl)c1. The summed E-state index contributed by atoms with van der Waals surface area (Å²) >= 11 is 11.6. The van der Waals surface area contributed by atoms with Crippen molar-refractivity contribution in [1.82, 2.24) is 0 Å². The summed E-state index contributed by atoms with van der Waals surface area (Å²) in [6, 6.07) is 13.7. The van der Waals surface area contributed by atoms with Crippen LogP contribution in [0.3, 0.4) is 0 Å². The molecule has 0 amide bonds. The minimum absolute atomic E-state index is 0.0634. The van der Waals surface area contributed by atoms with Gasteiger partial charge < -0.3 is 0 Å². The molecule has 2 aromatic rings. The number of rotatable bonds is 5. The first-order valence-corrected chi connectivity index (χ1v) is 8.14. The van der Waals surface area contributed by atoms with E-state index in [1.807, 2.05) is 6.07 Å². The first-order valence-electron chi connectivity index (χ1n) is 5.81. The number of hydrogen-bond acceptors (Lipinski definition) is 3. The van der Waals surface area contributed by atoms with E-state index >= 15 is 0 Å². The molecule has 0 aliphatic heterocycles. The van der Waals surface area contributed by atoms with Crippen LogP contribution in [0.25, 0.3) is 0 Å². The highest BCUT2D eigenvalue weighted by atomic mass is 35.5. The Morgan fingerprint density at radius 3 is 2.25 bits per heavy atom. The summed E-state index contributed by atoms with van der Waals surface area (Å²) in [7, 11) is -3.63. The fraction of sp³-hybridized carbons (Fsp3) is 0.143. The van der Waals surface area contributed by atoms with E-state index < -0.39 is 10.1 Å². The first kappa shape index (κ1) is 15.3. The second-order valence-corrected chi connectivity index (χ2v) is 6.65. The molecular formula is C14H12Cl2O3S. The van der Waals surface area contributed by atoms with Gasteiger partial charge in [0.25, 0.3) is 10.1 Å². The van der Waals surface area contributed by atoms with Gasteiger partial charge in [-0.25, -0.2) is 0 Å². The summed E-state index contributed by atoms with van der Waals surface area (Å²) in [5, 5.41) is 0.788. The molecular weight excluding hydrogens is 319 g/mol. The van der Waals surface area contributed by atoms with Crippen molar-refractivity contribution in [2.45, 2.75) is 12.4 Å². The molecule has 6 heteroatoms. The molecule has 0 heterocycles. The lowest BCUT2D eigenvalue weighted by Gasteiger charge is -2.06. The Hall–Kier alpha value is -1.07. The molecule has 0 spiro atoms. The highest BCUT2D eigenvalue weighted by Crippen LogP contribution is 2.23. The Balaban J connectivity index is 2.00. The zero-order chi connectivity index (χ0) is 14.6. The zero-order valence-electron chi connectivity index (χ0n) is 10.4. The fourth-order valence-electron chi connectivity index (χ4n) is 1.61. The standard InChI is InChI=1S/C14H12Cl2O3S/c15-13-7-6-12(8-14(13)16)9-19-20(17,18)10-11-4-2-1-3-5-11/h1-8H,9-10H2. The zero-order valence-corrected chi connectivity index (χ0v) is 12.8. The minimum Gasteiger partial charge on any atom is -0.265 e. The lowest BCUT2D eigenvalue weighted by molar-refractivity contribution is 0.307. The molecule has 0 aliphatic rings. The van der Waals surface area contributed by atoms with E-state index in [2.05, 4.69) is 0 Å². The Labute approximate surface area is 128 Å². The van der Waals surface area contributed by atoms with Crippen molar-refractivity contribution in [1.29, 1.82) is 0 Å². The molecule has 3 nitrogen and oxygen atoms in total. The summed E-state index contributed by atoms with van der Waals surface area (Å²) in [6.07, 6.45) is 0. The van der Waals surface area contributed by atoms with Crippen molar-refractivity contribution in [3.8, 4) is 0 Å². The highest BCUT2D eigenvalue weighted by Gasteiger charge is 2.13. The van der Waals surface area contributed by atoms with Crippen LogP contribution in [-0.2, 0) is 26.7 Å². The molecule has 2 aromatic carbocycles. The predicted molar refractivity (Wildman–Crippen MR) is 80.3 cm³/mol. The van der Waals surface area contributed by atoms with Crippen LogP contribution in [0.15, 0.2) is 48.5 Å². The lowest BCUT2D eigenvalue weighted by Crippen LogP contribution is -2.08. The van der Waals surface area contributed by atoms with Crippen LogP contribution in [-0.4, -0.2) is 8.42 Å². The van der Waals surface area contributed by atoms with E-state index in [-0.39, 0.29) is 12.4 Å². The van der Waals surface area contributed by atoms with E-state index in [9.17, 15) is 8.42 Å². The van der Waals surface area contributed by atoms with Crippen LogP contribution in [0.1, 0.15) is 11.1 Å². The Morgan fingerprint density at radius 1 is 0.900 bits per heavy atom. The topological polar surface area (TPSA) is 43.4 Å². The van der Waals surface area contributed by atoms with Crippen molar-refractivity contribution in [2.24, 2.45) is 0 Å². The van der Waals surface area contributed by atoms with Gasteiger partial charge in [-0.1, -0.05) is 59.6 Å². The van der Waals surface area contributed by atoms with Crippen LogP contribution in [0, 0.1) is 0 Å². The van der Waals surface area contributed by atoms with Gasteiger partial charge >= 0.3 is 0 Å². The third kappa shape index (κ3) is 4.49. The van der Waals surface area contributed by atoms with Gasteiger partial charge in [-0.2, -0.15) is 8.42 Å². The maximum atomic E-state index is 11.8. The predicted octanol–water partition coefficient (Wildman–Crippen LogP) is 4.04. The molecule has 0 N–H and O–H groups in total. The number of halogens is 2. The largest absolute Gasteiger partial charge is 0.271 e. The highest BCUT2D eigenvalue weighted by molar-refractivity contribution is 7.85. The van der Waals surface area contributed by atoms with E-state index in [1.165, 1.54) is 0 Å². The van der Waals surface area contributed by atoms with Crippen molar-refractivity contribution in [3.05, 3.63) is 69.7 Å². The maximum absolute atomic E-state index is 11.8. The second-order valence-electron chi connectivity index (χ2n) is 4.20. The van der Waals surface area contributed by atoms with Gasteiger partial charge in [0.05, 0.1) is 16.7 Å². The van der Waals surface area contributed by atoms with E-state index in [0.29, 0.717) is 21.2 Å². The molecule has 0 unspecified atom stereocenters. The molecule has 0 radical (unpaired) electrons. The van der Waals surface area contributed by atoms with Gasteiger partial charge in [0.15, 0.2) is 0 Å². The molecule has 0 aliphatic carbocycles. The normalized spacial score (nSPS) is 11.5. The van der Waals surface area contributed by atoms with Crippen LogP contribution in [0.2, 0.25) is 10.0 Å². The van der Waals surface area contributed by atoms with Crippen LogP contribution < -0.4 is 0 Å². The second kappa shape index (κ2) is 6.59. The Bertz CT molecular complexity index is 685. The van der Waals surface area contributed by atoms with Crippen LogP contribution >= 0.6 is 23.2 Å². The quantitative estimate of drug-likeness (QED) is 0.777. The fourth-order valence-corrected chi connectivity index (χ4v) is 2.93. The van der Waals surface area contributed by atoms with Gasteiger partial charge in [0, 0.05) is 0 Å². The molecule has 20 heavy (non-hydrogen) atoms. The molecule has 0 bridgehead atoms. The Kier molecular flexibility index (Phi) is 5.05. The van der Waals surface area contributed by atoms with Gasteiger partial charge in [-0.05, 0) is 23.3 Å². The van der Waals surface area contributed by atoms with Crippen LogP contribution in [0.5, 0.6) is 0 Å². The maximum Gasteiger partial charge on any atom is 0.271 e. The lowest BCUT2D eigenvalue weighted by atomic mass is 10.2. The van der Waals surface area contributed by atoms with E-state index in [4.69, 9.17) is 27.4 Å². The summed E-state index contributed by atoms with van der Waals surface area (Å²) < 4.78 is 28.7.